The molecule has 8 heteroatoms. The summed E-state index contributed by atoms with van der Waals surface area (Å²) in [6.07, 6.45) is 0. The lowest BCUT2D eigenvalue weighted by atomic mass is 10.1. The Morgan fingerprint density at radius 3 is 2.67 bits per heavy atom. The first-order chi connectivity index (χ1) is 12.9. The molecule has 0 fully saturated rings. The fourth-order valence-corrected chi connectivity index (χ4v) is 2.63. The van der Waals surface area contributed by atoms with Crippen molar-refractivity contribution in [2.24, 2.45) is 5.73 Å². The number of rotatable bonds is 9. The van der Waals surface area contributed by atoms with Gasteiger partial charge in [0.15, 0.2) is 18.1 Å². The molecule has 144 valence electrons. The van der Waals surface area contributed by atoms with Gasteiger partial charge in [0.05, 0.1) is 12.1 Å². The van der Waals surface area contributed by atoms with Crippen LogP contribution in [0.4, 0.5) is 5.69 Å². The molecule has 0 atom stereocenters. The molecule has 0 bridgehead atoms. The number of anilines is 1. The molecule has 0 heterocycles. The Morgan fingerprint density at radius 1 is 1.22 bits per heavy atom. The number of carbonyl (C=O) groups is 2. The van der Waals surface area contributed by atoms with Crippen LogP contribution in [0.3, 0.4) is 0 Å². The fraction of sp³-hybridized carbons (Fsp3) is 0.263. The highest BCUT2D eigenvalue weighted by molar-refractivity contribution is 6.32. The van der Waals surface area contributed by atoms with Crippen molar-refractivity contribution >= 4 is 29.1 Å². The summed E-state index contributed by atoms with van der Waals surface area (Å²) in [5.74, 6) is -0.610. The number of nitrogens with two attached hydrogens (primary N) is 1. The van der Waals surface area contributed by atoms with Gasteiger partial charge in [-0.25, -0.2) is 0 Å². The summed E-state index contributed by atoms with van der Waals surface area (Å²) in [6, 6.07) is 10.5. The monoisotopic (exact) mass is 391 g/mol. The summed E-state index contributed by atoms with van der Waals surface area (Å²) in [6.45, 7) is 3.25. The maximum Gasteiger partial charge on any atom is 0.255 e. The lowest BCUT2D eigenvalue weighted by molar-refractivity contribution is -0.119. The molecule has 2 aromatic carbocycles. The number of nitrogens with one attached hydrogen (secondary N) is 2. The normalized spacial score (nSPS) is 10.3. The minimum absolute atomic E-state index is 0.140. The van der Waals surface area contributed by atoms with Crippen molar-refractivity contribution in [1.29, 1.82) is 0 Å². The second kappa shape index (κ2) is 9.80. The van der Waals surface area contributed by atoms with Gasteiger partial charge in [-0.05, 0) is 36.4 Å². The van der Waals surface area contributed by atoms with Crippen LogP contribution in [0.1, 0.15) is 22.8 Å². The molecule has 4 N–H and O–H groups in total. The molecule has 0 aliphatic heterocycles. The molecule has 0 spiro atoms. The van der Waals surface area contributed by atoms with Crippen LogP contribution in [-0.2, 0) is 11.3 Å². The summed E-state index contributed by atoms with van der Waals surface area (Å²) >= 11 is 6.18. The number of amides is 2. The minimum atomic E-state index is -0.646. The van der Waals surface area contributed by atoms with Gasteiger partial charge in [0, 0.05) is 17.8 Å². The van der Waals surface area contributed by atoms with Gasteiger partial charge >= 0.3 is 0 Å². The van der Waals surface area contributed by atoms with E-state index in [0.717, 1.165) is 12.1 Å². The molecule has 0 unspecified atom stereocenters. The number of hydrogen-bond donors (Lipinski definition) is 3. The zero-order chi connectivity index (χ0) is 19.8. The Labute approximate surface area is 162 Å². The van der Waals surface area contributed by atoms with Crippen molar-refractivity contribution in [1.82, 2.24) is 5.32 Å². The van der Waals surface area contributed by atoms with E-state index in [2.05, 4.69) is 10.6 Å². The zero-order valence-corrected chi connectivity index (χ0v) is 15.9. The molecule has 0 radical (unpaired) electrons. The molecule has 0 aliphatic rings. The van der Waals surface area contributed by atoms with E-state index >= 15 is 0 Å². The van der Waals surface area contributed by atoms with Crippen LogP contribution < -0.4 is 25.8 Å². The SMILES string of the molecule is CCNCc1cccc(NC(=O)c2cc(Cl)c(OCC(N)=O)c(OC)c2)c1. The smallest absolute Gasteiger partial charge is 0.255 e. The van der Waals surface area contributed by atoms with Gasteiger partial charge in [0.25, 0.3) is 11.8 Å². The molecule has 0 saturated heterocycles. The molecule has 0 aromatic heterocycles. The van der Waals surface area contributed by atoms with Gasteiger partial charge < -0.3 is 25.8 Å². The molecular weight excluding hydrogens is 370 g/mol. The summed E-state index contributed by atoms with van der Waals surface area (Å²) in [7, 11) is 1.41. The molecule has 2 amide bonds. The van der Waals surface area contributed by atoms with Crippen LogP contribution in [0.5, 0.6) is 11.5 Å². The predicted octanol–water partition coefficient (Wildman–Crippen LogP) is 2.57. The van der Waals surface area contributed by atoms with E-state index in [1.54, 1.807) is 6.07 Å². The number of carbonyl (C=O) groups excluding carboxylic acids is 2. The molecule has 2 aromatic rings. The van der Waals surface area contributed by atoms with Crippen LogP contribution in [0.15, 0.2) is 36.4 Å². The van der Waals surface area contributed by atoms with E-state index in [1.807, 2.05) is 25.1 Å². The lowest BCUT2D eigenvalue weighted by Gasteiger charge is -2.13. The van der Waals surface area contributed by atoms with Crippen LogP contribution in [0, 0.1) is 0 Å². The van der Waals surface area contributed by atoms with E-state index in [9.17, 15) is 9.59 Å². The Hall–Kier alpha value is -2.77. The summed E-state index contributed by atoms with van der Waals surface area (Å²) in [5, 5.41) is 6.20. The number of benzene rings is 2. The van der Waals surface area contributed by atoms with E-state index in [0.29, 0.717) is 17.8 Å². The van der Waals surface area contributed by atoms with E-state index < -0.39 is 5.91 Å². The summed E-state index contributed by atoms with van der Waals surface area (Å²) in [4.78, 5) is 23.5. The average molecular weight is 392 g/mol. The van der Waals surface area contributed by atoms with Gasteiger partial charge in [-0.2, -0.15) is 0 Å². The third-order valence-electron chi connectivity index (χ3n) is 3.61. The van der Waals surface area contributed by atoms with Crippen molar-refractivity contribution < 1.29 is 19.1 Å². The quantitative estimate of drug-likeness (QED) is 0.609. The molecule has 0 saturated carbocycles. The van der Waals surface area contributed by atoms with Crippen LogP contribution in [0.2, 0.25) is 5.02 Å². The Bertz CT molecular complexity index is 827. The highest BCUT2D eigenvalue weighted by Gasteiger charge is 2.17. The first-order valence-electron chi connectivity index (χ1n) is 8.34. The molecule has 7 nitrogen and oxygen atoms in total. The predicted molar refractivity (Wildman–Crippen MR) is 104 cm³/mol. The van der Waals surface area contributed by atoms with Gasteiger partial charge in [0.2, 0.25) is 0 Å². The van der Waals surface area contributed by atoms with Crippen molar-refractivity contribution in [3.05, 3.63) is 52.5 Å². The van der Waals surface area contributed by atoms with E-state index in [4.69, 9.17) is 26.8 Å². The topological polar surface area (TPSA) is 103 Å². The second-order valence-electron chi connectivity index (χ2n) is 5.68. The maximum atomic E-state index is 12.6. The van der Waals surface area contributed by atoms with Gasteiger partial charge in [-0.3, -0.25) is 9.59 Å². The molecule has 2 rings (SSSR count). The Morgan fingerprint density at radius 2 is 2.00 bits per heavy atom. The zero-order valence-electron chi connectivity index (χ0n) is 15.2. The van der Waals surface area contributed by atoms with Crippen LogP contribution in [0.25, 0.3) is 0 Å². The maximum absolute atomic E-state index is 12.6. The fourth-order valence-electron chi connectivity index (χ4n) is 2.37. The third-order valence-corrected chi connectivity index (χ3v) is 3.90. The Kier molecular flexibility index (Phi) is 7.45. The number of ether oxygens (including phenoxy) is 2. The van der Waals surface area contributed by atoms with Crippen molar-refractivity contribution in [3.8, 4) is 11.5 Å². The van der Waals surface area contributed by atoms with Crippen LogP contribution >= 0.6 is 11.6 Å². The van der Waals surface area contributed by atoms with Crippen molar-refractivity contribution in [2.45, 2.75) is 13.5 Å². The number of halogens is 1. The first kappa shape index (κ1) is 20.5. The minimum Gasteiger partial charge on any atom is -0.493 e. The third kappa shape index (κ3) is 5.87. The van der Waals surface area contributed by atoms with Crippen LogP contribution in [-0.4, -0.2) is 32.1 Å². The number of primary amides is 1. The average Bonchev–Trinajstić information content (AvgIpc) is 2.64. The number of methoxy groups -OCH3 is 1. The summed E-state index contributed by atoms with van der Waals surface area (Å²) in [5.41, 5.74) is 7.09. The standard InChI is InChI=1S/C19H22ClN3O4/c1-3-22-10-12-5-4-6-14(7-12)23-19(25)13-8-15(20)18(16(9-13)26-2)27-11-17(21)24/h4-9,22H,3,10-11H2,1-2H3,(H2,21,24)(H,23,25). The number of hydrogen-bond acceptors (Lipinski definition) is 5. The van der Waals surface area contributed by atoms with Gasteiger partial charge in [0.1, 0.15) is 0 Å². The first-order valence-corrected chi connectivity index (χ1v) is 8.72. The van der Waals surface area contributed by atoms with Gasteiger partial charge in [-0.15, -0.1) is 0 Å². The highest BCUT2D eigenvalue weighted by atomic mass is 35.5. The van der Waals surface area contributed by atoms with E-state index in [-0.39, 0.29) is 29.0 Å². The lowest BCUT2D eigenvalue weighted by Crippen LogP contribution is -2.20. The Balaban J connectivity index is 2.18. The van der Waals surface area contributed by atoms with E-state index in [1.165, 1.54) is 19.2 Å². The highest BCUT2D eigenvalue weighted by Crippen LogP contribution is 2.36. The summed E-state index contributed by atoms with van der Waals surface area (Å²) < 4.78 is 10.5. The largest absolute Gasteiger partial charge is 0.493 e. The molecule has 27 heavy (non-hydrogen) atoms. The van der Waals surface area contributed by atoms with Gasteiger partial charge in [-0.1, -0.05) is 30.7 Å². The van der Waals surface area contributed by atoms with Crippen molar-refractivity contribution in [2.75, 3.05) is 25.6 Å². The second-order valence-corrected chi connectivity index (χ2v) is 6.09. The van der Waals surface area contributed by atoms with Crippen molar-refractivity contribution in [3.63, 3.8) is 0 Å². The molecular formula is C19H22ClN3O4. The molecule has 0 aliphatic carbocycles.